The second-order valence-corrected chi connectivity index (χ2v) is 4.19. The van der Waals surface area contributed by atoms with Crippen molar-refractivity contribution >= 4 is 39.1 Å². The van der Waals surface area contributed by atoms with E-state index in [2.05, 4.69) is 21.2 Å². The smallest absolute Gasteiger partial charge is 0.242 e. The molecule has 0 aliphatic heterocycles. The van der Waals surface area contributed by atoms with Crippen LogP contribution in [-0.2, 0) is 4.79 Å². The summed E-state index contributed by atoms with van der Waals surface area (Å²) < 4.78 is 0.924. The largest absolute Gasteiger partial charge is 0.325 e. The predicted molar refractivity (Wildman–Crippen MR) is 58.1 cm³/mol. The molecule has 0 saturated heterocycles. The van der Waals surface area contributed by atoms with Crippen molar-refractivity contribution in [2.45, 2.75) is 12.3 Å². The summed E-state index contributed by atoms with van der Waals surface area (Å²) in [6, 6.07) is 7.36. The highest BCUT2D eigenvalue weighted by atomic mass is 79.9. The minimum Gasteiger partial charge on any atom is -0.325 e. The summed E-state index contributed by atoms with van der Waals surface area (Å²) in [7, 11) is 0. The van der Waals surface area contributed by atoms with Gasteiger partial charge in [0.2, 0.25) is 5.91 Å². The van der Waals surface area contributed by atoms with Gasteiger partial charge >= 0.3 is 0 Å². The first-order valence-corrected chi connectivity index (χ1v) is 5.03. The van der Waals surface area contributed by atoms with E-state index in [0.29, 0.717) is 0 Å². The van der Waals surface area contributed by atoms with Crippen molar-refractivity contribution in [2.24, 2.45) is 0 Å². The molecule has 1 rings (SSSR count). The van der Waals surface area contributed by atoms with Crippen LogP contribution in [0.15, 0.2) is 28.7 Å². The Balaban J connectivity index is 2.69. The molecule has 1 aromatic carbocycles. The molecule has 0 spiro atoms. The van der Waals surface area contributed by atoms with Gasteiger partial charge in [-0.05, 0) is 25.1 Å². The Morgan fingerprint density at radius 3 is 2.85 bits per heavy atom. The third kappa shape index (κ3) is 3.36. The molecule has 1 atom stereocenters. The molecule has 1 amide bonds. The van der Waals surface area contributed by atoms with Crippen molar-refractivity contribution in [3.05, 3.63) is 28.7 Å². The highest BCUT2D eigenvalue weighted by molar-refractivity contribution is 9.10. The van der Waals surface area contributed by atoms with Crippen LogP contribution < -0.4 is 5.32 Å². The van der Waals surface area contributed by atoms with E-state index in [1.807, 2.05) is 24.3 Å². The highest BCUT2D eigenvalue weighted by Crippen LogP contribution is 2.16. The van der Waals surface area contributed by atoms with Gasteiger partial charge in [0.1, 0.15) is 5.38 Å². The average Bonchev–Trinajstić information content (AvgIpc) is 2.04. The number of hydrogen-bond acceptors (Lipinski definition) is 1. The molecule has 13 heavy (non-hydrogen) atoms. The van der Waals surface area contributed by atoms with Crippen LogP contribution in [0.4, 0.5) is 5.69 Å². The number of alkyl halides is 1. The lowest BCUT2D eigenvalue weighted by molar-refractivity contribution is -0.115. The van der Waals surface area contributed by atoms with Crippen molar-refractivity contribution < 1.29 is 4.79 Å². The summed E-state index contributed by atoms with van der Waals surface area (Å²) in [5.41, 5.74) is 0.742. The van der Waals surface area contributed by atoms with Gasteiger partial charge in [-0.1, -0.05) is 22.0 Å². The maximum absolute atomic E-state index is 11.2. The lowest BCUT2D eigenvalue weighted by Gasteiger charge is -2.06. The van der Waals surface area contributed by atoms with E-state index in [4.69, 9.17) is 11.6 Å². The van der Waals surface area contributed by atoms with Crippen molar-refractivity contribution in [1.29, 1.82) is 0 Å². The SMILES string of the molecule is CC(Cl)C(=O)Nc1cccc(Br)c1. The minimum atomic E-state index is -0.515. The van der Waals surface area contributed by atoms with Crippen LogP contribution in [0.1, 0.15) is 6.92 Å². The van der Waals surface area contributed by atoms with E-state index >= 15 is 0 Å². The summed E-state index contributed by atoms with van der Waals surface area (Å²) in [5, 5.41) is 2.17. The molecule has 0 aromatic heterocycles. The van der Waals surface area contributed by atoms with Crippen molar-refractivity contribution in [3.63, 3.8) is 0 Å². The van der Waals surface area contributed by atoms with Gasteiger partial charge in [0, 0.05) is 10.2 Å². The minimum absolute atomic E-state index is 0.195. The van der Waals surface area contributed by atoms with E-state index in [9.17, 15) is 4.79 Å². The number of hydrogen-bond donors (Lipinski definition) is 1. The summed E-state index contributed by atoms with van der Waals surface area (Å²) in [6.45, 7) is 1.63. The van der Waals surface area contributed by atoms with Crippen LogP contribution in [-0.4, -0.2) is 11.3 Å². The van der Waals surface area contributed by atoms with E-state index in [1.54, 1.807) is 6.92 Å². The molecule has 0 bridgehead atoms. The second kappa shape index (κ2) is 4.63. The monoisotopic (exact) mass is 261 g/mol. The summed E-state index contributed by atoms with van der Waals surface area (Å²) in [6.07, 6.45) is 0. The zero-order valence-corrected chi connectivity index (χ0v) is 9.39. The number of carbonyl (C=O) groups excluding carboxylic acids is 1. The Morgan fingerprint density at radius 2 is 2.31 bits per heavy atom. The van der Waals surface area contributed by atoms with Crippen LogP contribution in [0.25, 0.3) is 0 Å². The zero-order valence-electron chi connectivity index (χ0n) is 7.05. The number of amides is 1. The van der Waals surface area contributed by atoms with Gasteiger partial charge in [-0.15, -0.1) is 11.6 Å². The van der Waals surface area contributed by atoms with Gasteiger partial charge in [-0.25, -0.2) is 0 Å². The molecular formula is C9H9BrClNO. The first-order valence-electron chi connectivity index (χ1n) is 3.80. The van der Waals surface area contributed by atoms with Crippen LogP contribution >= 0.6 is 27.5 Å². The molecule has 70 valence electrons. The highest BCUT2D eigenvalue weighted by Gasteiger charge is 2.08. The van der Waals surface area contributed by atoms with Crippen molar-refractivity contribution in [3.8, 4) is 0 Å². The Morgan fingerprint density at radius 1 is 1.62 bits per heavy atom. The number of nitrogens with one attached hydrogen (secondary N) is 1. The fourth-order valence-electron chi connectivity index (χ4n) is 0.808. The lowest BCUT2D eigenvalue weighted by atomic mass is 10.3. The second-order valence-electron chi connectivity index (χ2n) is 2.62. The van der Waals surface area contributed by atoms with E-state index in [0.717, 1.165) is 10.2 Å². The maximum atomic E-state index is 11.2. The van der Waals surface area contributed by atoms with Gasteiger partial charge in [0.25, 0.3) is 0 Å². The molecule has 1 unspecified atom stereocenters. The molecule has 0 heterocycles. The van der Waals surface area contributed by atoms with Gasteiger partial charge in [0.15, 0.2) is 0 Å². The summed E-state index contributed by atoms with van der Waals surface area (Å²) in [5.74, 6) is -0.195. The number of halogens is 2. The van der Waals surface area contributed by atoms with Gasteiger partial charge < -0.3 is 5.32 Å². The third-order valence-corrected chi connectivity index (χ3v) is 2.14. The van der Waals surface area contributed by atoms with Gasteiger partial charge in [-0.2, -0.15) is 0 Å². The van der Waals surface area contributed by atoms with Crippen LogP contribution in [0.5, 0.6) is 0 Å². The molecule has 0 radical (unpaired) electrons. The number of rotatable bonds is 2. The molecular weight excluding hydrogens is 253 g/mol. The maximum Gasteiger partial charge on any atom is 0.242 e. The molecule has 1 N–H and O–H groups in total. The molecule has 0 aliphatic rings. The van der Waals surface area contributed by atoms with E-state index in [-0.39, 0.29) is 5.91 Å². The number of benzene rings is 1. The Hall–Kier alpha value is -0.540. The quantitative estimate of drug-likeness (QED) is 0.816. The molecule has 2 nitrogen and oxygen atoms in total. The molecule has 0 saturated carbocycles. The van der Waals surface area contributed by atoms with Crippen LogP contribution in [0.2, 0.25) is 0 Å². The Bertz CT molecular complexity index is 314. The molecule has 0 aliphatic carbocycles. The normalized spacial score (nSPS) is 12.2. The standard InChI is InChI=1S/C9H9BrClNO/c1-6(11)9(13)12-8-4-2-3-7(10)5-8/h2-6H,1H3,(H,12,13). The van der Waals surface area contributed by atoms with Crippen molar-refractivity contribution in [2.75, 3.05) is 5.32 Å². The summed E-state index contributed by atoms with van der Waals surface area (Å²) in [4.78, 5) is 11.2. The fourth-order valence-corrected chi connectivity index (χ4v) is 1.26. The fraction of sp³-hybridized carbons (Fsp3) is 0.222. The van der Waals surface area contributed by atoms with Gasteiger partial charge in [0.05, 0.1) is 0 Å². The molecule has 1 aromatic rings. The third-order valence-electron chi connectivity index (χ3n) is 1.45. The van der Waals surface area contributed by atoms with Crippen molar-refractivity contribution in [1.82, 2.24) is 0 Å². The van der Waals surface area contributed by atoms with E-state index < -0.39 is 5.38 Å². The topological polar surface area (TPSA) is 29.1 Å². The first kappa shape index (κ1) is 10.5. The zero-order chi connectivity index (χ0) is 9.84. The first-order chi connectivity index (χ1) is 6.09. The molecule has 0 fully saturated rings. The van der Waals surface area contributed by atoms with E-state index in [1.165, 1.54) is 0 Å². The van der Waals surface area contributed by atoms with Gasteiger partial charge in [-0.3, -0.25) is 4.79 Å². The van der Waals surface area contributed by atoms with Crippen LogP contribution in [0, 0.1) is 0 Å². The Labute approximate surface area is 90.4 Å². The Kier molecular flexibility index (Phi) is 3.75. The number of anilines is 1. The predicted octanol–water partition coefficient (Wildman–Crippen LogP) is 3.01. The molecule has 4 heteroatoms. The number of carbonyl (C=O) groups is 1. The summed E-state index contributed by atoms with van der Waals surface area (Å²) >= 11 is 8.90. The lowest BCUT2D eigenvalue weighted by Crippen LogP contribution is -2.20. The average molecular weight is 263 g/mol. The van der Waals surface area contributed by atoms with Crippen LogP contribution in [0.3, 0.4) is 0 Å².